The lowest BCUT2D eigenvalue weighted by Crippen LogP contribution is -2.22. The topological polar surface area (TPSA) is 32.3 Å². The van der Waals surface area contributed by atoms with Crippen molar-refractivity contribution < 1.29 is 4.79 Å². The molecule has 1 heterocycles. The summed E-state index contributed by atoms with van der Waals surface area (Å²) in [6.07, 6.45) is 0. The number of carbonyl (C=O) groups excluding carboxylic acids is 1. The average molecular weight is 323 g/mol. The van der Waals surface area contributed by atoms with Gasteiger partial charge in [0.15, 0.2) is 0 Å². The van der Waals surface area contributed by atoms with Crippen molar-refractivity contribution in [1.29, 1.82) is 0 Å². The number of halogens is 1. The molecule has 0 radical (unpaired) electrons. The van der Waals surface area contributed by atoms with Gasteiger partial charge in [-0.25, -0.2) is 0 Å². The van der Waals surface area contributed by atoms with Crippen LogP contribution in [0.2, 0.25) is 5.02 Å². The summed E-state index contributed by atoms with van der Waals surface area (Å²) in [6, 6.07) is 7.77. The molecule has 3 nitrogen and oxygen atoms in total. The molecule has 5 heteroatoms. The van der Waals surface area contributed by atoms with E-state index in [1.54, 1.807) is 31.5 Å². The SMILES string of the molecule is Cc1ccsc1C(C)Nc1ccc(Cl)c(C(=O)N(C)C)c1. The molecule has 0 fully saturated rings. The molecule has 0 saturated heterocycles. The molecule has 1 aromatic heterocycles. The Morgan fingerprint density at radius 1 is 1.33 bits per heavy atom. The second-order valence-electron chi connectivity index (χ2n) is 5.23. The summed E-state index contributed by atoms with van der Waals surface area (Å²) < 4.78 is 0. The van der Waals surface area contributed by atoms with Gasteiger partial charge in [-0.1, -0.05) is 11.6 Å². The lowest BCUT2D eigenvalue weighted by molar-refractivity contribution is 0.0828. The predicted octanol–water partition coefficient (Wildman–Crippen LogP) is 4.58. The highest BCUT2D eigenvalue weighted by molar-refractivity contribution is 7.10. The summed E-state index contributed by atoms with van der Waals surface area (Å²) in [4.78, 5) is 14.9. The summed E-state index contributed by atoms with van der Waals surface area (Å²) in [6.45, 7) is 4.22. The summed E-state index contributed by atoms with van der Waals surface area (Å²) in [5.74, 6) is -0.0939. The zero-order valence-electron chi connectivity index (χ0n) is 12.6. The van der Waals surface area contributed by atoms with E-state index in [4.69, 9.17) is 11.6 Å². The molecule has 0 saturated carbocycles. The number of anilines is 1. The van der Waals surface area contributed by atoms with Gasteiger partial charge in [-0.05, 0) is 49.1 Å². The van der Waals surface area contributed by atoms with Crippen molar-refractivity contribution in [3.8, 4) is 0 Å². The Bertz CT molecular complexity index is 651. The van der Waals surface area contributed by atoms with E-state index in [9.17, 15) is 4.79 Å². The molecule has 1 aromatic carbocycles. The number of nitrogens with zero attached hydrogens (tertiary/aromatic N) is 1. The number of rotatable bonds is 4. The van der Waals surface area contributed by atoms with E-state index in [2.05, 4.69) is 30.6 Å². The second-order valence-corrected chi connectivity index (χ2v) is 6.58. The van der Waals surface area contributed by atoms with Gasteiger partial charge in [0.25, 0.3) is 5.91 Å². The first-order valence-corrected chi connectivity index (χ1v) is 7.97. The zero-order chi connectivity index (χ0) is 15.6. The molecule has 1 atom stereocenters. The van der Waals surface area contributed by atoms with Gasteiger partial charge in [0, 0.05) is 24.7 Å². The quantitative estimate of drug-likeness (QED) is 0.893. The third kappa shape index (κ3) is 3.57. The number of hydrogen-bond donors (Lipinski definition) is 1. The highest BCUT2D eigenvalue weighted by Crippen LogP contribution is 2.28. The Kier molecular flexibility index (Phi) is 4.91. The van der Waals surface area contributed by atoms with E-state index in [0.29, 0.717) is 10.6 Å². The molecule has 0 aliphatic rings. The third-order valence-corrected chi connectivity index (χ3v) is 4.81. The molecule has 21 heavy (non-hydrogen) atoms. The lowest BCUT2D eigenvalue weighted by atomic mass is 10.1. The van der Waals surface area contributed by atoms with E-state index in [0.717, 1.165) is 5.69 Å². The first-order valence-electron chi connectivity index (χ1n) is 6.72. The van der Waals surface area contributed by atoms with Crippen molar-refractivity contribution in [1.82, 2.24) is 4.90 Å². The summed E-state index contributed by atoms with van der Waals surface area (Å²) in [5, 5.41) is 5.99. The van der Waals surface area contributed by atoms with Gasteiger partial charge in [0.1, 0.15) is 0 Å². The molecule has 0 aliphatic carbocycles. The van der Waals surface area contributed by atoms with Crippen molar-refractivity contribution in [3.63, 3.8) is 0 Å². The molecule has 112 valence electrons. The first-order chi connectivity index (χ1) is 9.90. The molecule has 2 aromatic rings. The monoisotopic (exact) mass is 322 g/mol. The number of hydrogen-bond acceptors (Lipinski definition) is 3. The van der Waals surface area contributed by atoms with Crippen LogP contribution in [-0.4, -0.2) is 24.9 Å². The maximum absolute atomic E-state index is 12.1. The number of carbonyl (C=O) groups is 1. The fourth-order valence-electron chi connectivity index (χ4n) is 2.16. The number of thiophene rings is 1. The van der Waals surface area contributed by atoms with Crippen LogP contribution < -0.4 is 5.32 Å². The van der Waals surface area contributed by atoms with Crippen LogP contribution in [0.15, 0.2) is 29.6 Å². The van der Waals surface area contributed by atoms with Crippen LogP contribution in [0.25, 0.3) is 0 Å². The zero-order valence-corrected chi connectivity index (χ0v) is 14.2. The second kappa shape index (κ2) is 6.50. The highest BCUT2D eigenvalue weighted by Gasteiger charge is 2.15. The third-order valence-electron chi connectivity index (χ3n) is 3.28. The molecule has 0 bridgehead atoms. The lowest BCUT2D eigenvalue weighted by Gasteiger charge is -2.17. The molecule has 1 amide bonds. The number of amides is 1. The van der Waals surface area contributed by atoms with Gasteiger partial charge in [-0.2, -0.15) is 0 Å². The van der Waals surface area contributed by atoms with Gasteiger partial charge in [-0.3, -0.25) is 4.79 Å². The normalized spacial score (nSPS) is 12.0. The summed E-state index contributed by atoms with van der Waals surface area (Å²) >= 11 is 7.85. The van der Waals surface area contributed by atoms with E-state index in [-0.39, 0.29) is 11.9 Å². The highest BCUT2D eigenvalue weighted by atomic mass is 35.5. The van der Waals surface area contributed by atoms with Crippen LogP contribution in [0.3, 0.4) is 0 Å². The standard InChI is InChI=1S/C16H19ClN2OS/c1-10-7-8-21-15(10)11(2)18-12-5-6-14(17)13(9-12)16(20)19(3)4/h5-9,11,18H,1-4H3. The van der Waals surface area contributed by atoms with Crippen molar-refractivity contribution in [2.24, 2.45) is 0 Å². The number of nitrogens with one attached hydrogen (secondary N) is 1. The number of aryl methyl sites for hydroxylation is 1. The fourth-order valence-corrected chi connectivity index (χ4v) is 3.30. The molecule has 0 spiro atoms. The van der Waals surface area contributed by atoms with Gasteiger partial charge in [0.2, 0.25) is 0 Å². The minimum Gasteiger partial charge on any atom is -0.378 e. The summed E-state index contributed by atoms with van der Waals surface area (Å²) in [7, 11) is 3.44. The van der Waals surface area contributed by atoms with Crippen molar-refractivity contribution in [2.75, 3.05) is 19.4 Å². The predicted molar refractivity (Wildman–Crippen MR) is 90.6 cm³/mol. The molecule has 0 aliphatic heterocycles. The maximum atomic E-state index is 12.1. The van der Waals surface area contributed by atoms with Crippen LogP contribution in [-0.2, 0) is 0 Å². The Hall–Kier alpha value is -1.52. The maximum Gasteiger partial charge on any atom is 0.254 e. The molecule has 1 N–H and O–H groups in total. The van der Waals surface area contributed by atoms with E-state index >= 15 is 0 Å². The van der Waals surface area contributed by atoms with Gasteiger partial charge in [-0.15, -0.1) is 11.3 Å². The van der Waals surface area contributed by atoms with Crippen LogP contribution in [0.1, 0.15) is 33.8 Å². The Balaban J connectivity index is 2.24. The molecule has 2 rings (SSSR count). The van der Waals surface area contributed by atoms with Crippen molar-refractivity contribution in [3.05, 3.63) is 50.7 Å². The Morgan fingerprint density at radius 2 is 2.05 bits per heavy atom. The van der Waals surface area contributed by atoms with E-state index in [1.807, 2.05) is 12.1 Å². The van der Waals surface area contributed by atoms with Gasteiger partial charge < -0.3 is 10.2 Å². The smallest absolute Gasteiger partial charge is 0.254 e. The molecular weight excluding hydrogens is 304 g/mol. The van der Waals surface area contributed by atoms with Crippen molar-refractivity contribution >= 4 is 34.5 Å². The van der Waals surface area contributed by atoms with Gasteiger partial charge >= 0.3 is 0 Å². The Morgan fingerprint density at radius 3 is 2.62 bits per heavy atom. The van der Waals surface area contributed by atoms with Gasteiger partial charge in [0.05, 0.1) is 16.6 Å². The van der Waals surface area contributed by atoms with Crippen LogP contribution in [0, 0.1) is 6.92 Å². The van der Waals surface area contributed by atoms with Crippen molar-refractivity contribution in [2.45, 2.75) is 19.9 Å². The molecular formula is C16H19ClN2OS. The minimum absolute atomic E-state index is 0.0939. The fraction of sp³-hybridized carbons (Fsp3) is 0.312. The number of benzene rings is 1. The average Bonchev–Trinajstić information content (AvgIpc) is 2.86. The largest absolute Gasteiger partial charge is 0.378 e. The van der Waals surface area contributed by atoms with Crippen LogP contribution in [0.5, 0.6) is 0 Å². The van der Waals surface area contributed by atoms with E-state index < -0.39 is 0 Å². The molecule has 1 unspecified atom stereocenters. The minimum atomic E-state index is -0.0939. The van der Waals surface area contributed by atoms with E-state index in [1.165, 1.54) is 15.3 Å². The van der Waals surface area contributed by atoms with Crippen LogP contribution in [0.4, 0.5) is 5.69 Å². The first kappa shape index (κ1) is 15.9. The Labute approximate surface area is 134 Å². The van der Waals surface area contributed by atoms with Crippen LogP contribution >= 0.6 is 22.9 Å². The summed E-state index contributed by atoms with van der Waals surface area (Å²) in [5.41, 5.74) is 2.69.